The van der Waals surface area contributed by atoms with Crippen LogP contribution in [0, 0.1) is 17.0 Å². The van der Waals surface area contributed by atoms with E-state index in [0.29, 0.717) is 5.69 Å². The van der Waals surface area contributed by atoms with Crippen LogP contribution in [-0.2, 0) is 11.3 Å². The third-order valence-electron chi connectivity index (χ3n) is 3.49. The first-order chi connectivity index (χ1) is 12.0. The lowest BCUT2D eigenvalue weighted by Gasteiger charge is -2.03. The van der Waals surface area contributed by atoms with Crippen molar-refractivity contribution >= 4 is 23.0 Å². The van der Waals surface area contributed by atoms with Gasteiger partial charge >= 0.3 is 5.97 Å². The van der Waals surface area contributed by atoms with E-state index in [4.69, 9.17) is 4.74 Å². The van der Waals surface area contributed by atoms with Crippen LogP contribution < -0.4 is 0 Å². The highest BCUT2D eigenvalue weighted by Gasteiger charge is 2.13. The minimum atomic E-state index is -0.617. The number of ether oxygens (including phenoxy) is 1. The number of rotatable bonds is 5. The molecule has 1 aromatic heterocycles. The monoisotopic (exact) mass is 354 g/mol. The lowest BCUT2D eigenvalue weighted by atomic mass is 10.2. The Labute approximate surface area is 147 Å². The molecule has 0 bridgehead atoms. The van der Waals surface area contributed by atoms with Gasteiger partial charge in [-0.1, -0.05) is 35.9 Å². The van der Waals surface area contributed by atoms with Gasteiger partial charge < -0.3 is 4.74 Å². The van der Waals surface area contributed by atoms with Gasteiger partial charge in [0.1, 0.15) is 11.6 Å². The van der Waals surface area contributed by atoms with Crippen LogP contribution in [0.25, 0.3) is 10.6 Å². The number of benzene rings is 2. The normalized spacial score (nSPS) is 10.4. The summed E-state index contributed by atoms with van der Waals surface area (Å²) in [6, 6.07) is 13.5. The molecule has 3 rings (SSSR count). The lowest BCUT2D eigenvalue weighted by Crippen LogP contribution is -2.06. The van der Waals surface area contributed by atoms with Crippen LogP contribution in [0.4, 0.5) is 5.69 Å². The second-order valence-electron chi connectivity index (χ2n) is 5.39. The summed E-state index contributed by atoms with van der Waals surface area (Å²) in [7, 11) is 0. The van der Waals surface area contributed by atoms with Gasteiger partial charge in [-0.2, -0.15) is 0 Å². The van der Waals surface area contributed by atoms with Crippen LogP contribution in [0.1, 0.15) is 21.6 Å². The molecule has 2 aromatic carbocycles. The fourth-order valence-electron chi connectivity index (χ4n) is 2.17. The largest absolute Gasteiger partial charge is 0.456 e. The van der Waals surface area contributed by atoms with Gasteiger partial charge in [0.15, 0.2) is 0 Å². The summed E-state index contributed by atoms with van der Waals surface area (Å²) >= 11 is 1.47. The summed E-state index contributed by atoms with van der Waals surface area (Å²) in [6.45, 7) is 2.04. The molecule has 7 heteroatoms. The number of thiazole rings is 1. The number of nitro benzene ring substituents is 1. The second kappa shape index (κ2) is 7.23. The molecule has 25 heavy (non-hydrogen) atoms. The summed E-state index contributed by atoms with van der Waals surface area (Å²) in [4.78, 5) is 26.7. The maximum atomic E-state index is 12.0. The van der Waals surface area contributed by atoms with Crippen molar-refractivity contribution in [2.24, 2.45) is 0 Å². The van der Waals surface area contributed by atoms with Crippen molar-refractivity contribution in [1.82, 2.24) is 4.98 Å². The third kappa shape index (κ3) is 4.07. The maximum absolute atomic E-state index is 12.0. The van der Waals surface area contributed by atoms with Gasteiger partial charge in [-0.25, -0.2) is 9.78 Å². The van der Waals surface area contributed by atoms with Crippen LogP contribution in [0.3, 0.4) is 0 Å². The zero-order valence-electron chi connectivity index (χ0n) is 13.3. The molecule has 0 unspecified atom stereocenters. The average molecular weight is 354 g/mol. The van der Waals surface area contributed by atoms with Crippen molar-refractivity contribution in [3.8, 4) is 10.6 Å². The number of esters is 1. The highest BCUT2D eigenvalue weighted by atomic mass is 32.1. The molecular formula is C18H14N2O4S. The van der Waals surface area contributed by atoms with Crippen molar-refractivity contribution in [3.63, 3.8) is 0 Å². The molecule has 1 heterocycles. The minimum Gasteiger partial charge on any atom is -0.456 e. The fraction of sp³-hybridized carbons (Fsp3) is 0.111. The Hall–Kier alpha value is -3.06. The van der Waals surface area contributed by atoms with Crippen molar-refractivity contribution in [2.45, 2.75) is 13.5 Å². The number of carbonyl (C=O) groups is 1. The van der Waals surface area contributed by atoms with Crippen LogP contribution in [0.15, 0.2) is 53.9 Å². The van der Waals surface area contributed by atoms with Crippen molar-refractivity contribution in [1.29, 1.82) is 0 Å². The van der Waals surface area contributed by atoms with Gasteiger partial charge in [-0.3, -0.25) is 10.1 Å². The Balaban J connectivity index is 1.66. The molecule has 0 radical (unpaired) electrons. The minimum absolute atomic E-state index is 0.0177. The molecular weight excluding hydrogens is 340 g/mol. The number of nitrogens with zero attached hydrogens (tertiary/aromatic N) is 2. The van der Waals surface area contributed by atoms with E-state index >= 15 is 0 Å². The van der Waals surface area contributed by atoms with E-state index in [0.717, 1.165) is 10.6 Å². The SMILES string of the molecule is Cc1ccc(-c2nc(COC(=O)c3cccc([N+](=O)[O-])c3)cs2)cc1. The van der Waals surface area contributed by atoms with E-state index in [2.05, 4.69) is 4.98 Å². The van der Waals surface area contributed by atoms with E-state index in [9.17, 15) is 14.9 Å². The Morgan fingerprint density at radius 2 is 2.00 bits per heavy atom. The van der Waals surface area contributed by atoms with Crippen LogP contribution in [0.5, 0.6) is 0 Å². The lowest BCUT2D eigenvalue weighted by molar-refractivity contribution is -0.384. The zero-order chi connectivity index (χ0) is 17.8. The second-order valence-corrected chi connectivity index (χ2v) is 6.25. The zero-order valence-corrected chi connectivity index (χ0v) is 14.2. The molecule has 6 nitrogen and oxygen atoms in total. The van der Waals surface area contributed by atoms with Crippen LogP contribution in [0.2, 0.25) is 0 Å². The van der Waals surface area contributed by atoms with Gasteiger partial charge in [-0.15, -0.1) is 11.3 Å². The van der Waals surface area contributed by atoms with Gasteiger partial charge in [-0.05, 0) is 13.0 Å². The first-order valence-corrected chi connectivity index (χ1v) is 8.34. The smallest absolute Gasteiger partial charge is 0.338 e. The van der Waals surface area contributed by atoms with Gasteiger partial charge in [0.2, 0.25) is 0 Å². The number of hydrogen-bond acceptors (Lipinski definition) is 6. The molecule has 3 aromatic rings. The standard InChI is InChI=1S/C18H14N2O4S/c1-12-5-7-13(8-6-12)17-19-15(11-25-17)10-24-18(21)14-3-2-4-16(9-14)20(22)23/h2-9,11H,10H2,1H3. The first kappa shape index (κ1) is 16.8. The number of aromatic nitrogens is 1. The van der Waals surface area contributed by atoms with E-state index in [-0.39, 0.29) is 17.9 Å². The molecule has 0 saturated carbocycles. The van der Waals surface area contributed by atoms with E-state index in [1.165, 1.54) is 41.2 Å². The van der Waals surface area contributed by atoms with Crippen LogP contribution >= 0.6 is 11.3 Å². The molecule has 0 aliphatic heterocycles. The number of nitro groups is 1. The molecule has 0 aliphatic carbocycles. The number of carbonyl (C=O) groups excluding carboxylic acids is 1. The Kier molecular flexibility index (Phi) is 4.85. The average Bonchev–Trinajstić information content (AvgIpc) is 3.09. The molecule has 0 atom stereocenters. The molecule has 0 aliphatic rings. The number of hydrogen-bond donors (Lipinski definition) is 0. The first-order valence-electron chi connectivity index (χ1n) is 7.46. The Morgan fingerprint density at radius 1 is 1.24 bits per heavy atom. The van der Waals surface area contributed by atoms with E-state index in [1.54, 1.807) is 0 Å². The molecule has 0 N–H and O–H groups in total. The Bertz CT molecular complexity index is 919. The van der Waals surface area contributed by atoms with Crippen molar-refractivity contribution in [2.75, 3.05) is 0 Å². The third-order valence-corrected chi connectivity index (χ3v) is 4.43. The fourth-order valence-corrected chi connectivity index (χ4v) is 2.98. The molecule has 0 spiro atoms. The van der Waals surface area contributed by atoms with E-state index < -0.39 is 10.9 Å². The summed E-state index contributed by atoms with van der Waals surface area (Å²) in [5, 5.41) is 13.4. The summed E-state index contributed by atoms with van der Waals surface area (Å²) < 4.78 is 5.20. The molecule has 126 valence electrons. The predicted molar refractivity (Wildman–Crippen MR) is 94.5 cm³/mol. The van der Waals surface area contributed by atoms with Crippen molar-refractivity contribution < 1.29 is 14.5 Å². The predicted octanol–water partition coefficient (Wildman–Crippen LogP) is 4.38. The summed E-state index contributed by atoms with van der Waals surface area (Å²) in [6.07, 6.45) is 0. The van der Waals surface area contributed by atoms with Crippen LogP contribution in [-0.4, -0.2) is 15.9 Å². The molecule has 0 amide bonds. The topological polar surface area (TPSA) is 82.3 Å². The van der Waals surface area contributed by atoms with E-state index in [1.807, 2.05) is 36.6 Å². The maximum Gasteiger partial charge on any atom is 0.338 e. The summed E-state index contributed by atoms with van der Waals surface area (Å²) in [5.41, 5.74) is 2.81. The number of non-ortho nitro benzene ring substituents is 1. The molecule has 0 saturated heterocycles. The highest BCUT2D eigenvalue weighted by molar-refractivity contribution is 7.13. The van der Waals surface area contributed by atoms with Gasteiger partial charge in [0.25, 0.3) is 5.69 Å². The summed E-state index contributed by atoms with van der Waals surface area (Å²) in [5.74, 6) is -0.617. The van der Waals surface area contributed by atoms with Gasteiger partial charge in [0.05, 0.1) is 16.2 Å². The quantitative estimate of drug-likeness (QED) is 0.386. The molecule has 0 fully saturated rings. The van der Waals surface area contributed by atoms with Gasteiger partial charge in [0, 0.05) is 23.1 Å². The van der Waals surface area contributed by atoms with Crippen molar-refractivity contribution in [3.05, 3.63) is 80.8 Å². The number of aryl methyl sites for hydroxylation is 1. The Morgan fingerprint density at radius 3 is 2.72 bits per heavy atom. The highest BCUT2D eigenvalue weighted by Crippen LogP contribution is 2.24.